The largest absolute Gasteiger partial charge is 0.356 e. The van der Waals surface area contributed by atoms with E-state index in [2.05, 4.69) is 20.9 Å². The number of piperidine rings is 1. The topological polar surface area (TPSA) is 67.2 Å². The lowest BCUT2D eigenvalue weighted by atomic mass is 9.96. The number of imidazole rings is 1. The summed E-state index contributed by atoms with van der Waals surface area (Å²) in [5, 5.41) is 3.66. The molecule has 1 unspecified atom stereocenters. The number of halogens is 1. The first kappa shape index (κ1) is 21.4. The van der Waals surface area contributed by atoms with Gasteiger partial charge in [-0.1, -0.05) is 23.7 Å². The second-order valence-corrected chi connectivity index (χ2v) is 8.48. The standard InChI is InChI=1S/C24H27ClN4O2/c1-17-27-21-7-2-3-8-22(21)29(17)15-5-13-26-23(30)19-6-4-14-28(16-19)24(31)18-9-11-20(25)12-10-18/h2-3,7-12,19H,4-6,13-16H2,1H3,(H,26,30). The quantitative estimate of drug-likeness (QED) is 0.590. The van der Waals surface area contributed by atoms with Gasteiger partial charge in [0.2, 0.25) is 5.91 Å². The minimum Gasteiger partial charge on any atom is -0.356 e. The van der Waals surface area contributed by atoms with Crippen molar-refractivity contribution < 1.29 is 9.59 Å². The van der Waals surface area contributed by atoms with Crippen LogP contribution in [-0.2, 0) is 11.3 Å². The predicted molar refractivity (Wildman–Crippen MR) is 122 cm³/mol. The van der Waals surface area contributed by atoms with E-state index >= 15 is 0 Å². The molecular weight excluding hydrogens is 412 g/mol. The van der Waals surface area contributed by atoms with Crippen molar-refractivity contribution >= 4 is 34.4 Å². The first-order valence-electron chi connectivity index (χ1n) is 10.8. The number of para-hydroxylation sites is 2. The molecule has 1 aliphatic rings. The summed E-state index contributed by atoms with van der Waals surface area (Å²) in [4.78, 5) is 31.8. The number of likely N-dealkylation sites (tertiary alicyclic amines) is 1. The number of carbonyl (C=O) groups excluding carboxylic acids is 2. The number of amides is 2. The van der Waals surface area contributed by atoms with Gasteiger partial charge in [-0.3, -0.25) is 9.59 Å². The normalized spacial score (nSPS) is 16.5. The molecule has 6 nitrogen and oxygen atoms in total. The van der Waals surface area contributed by atoms with E-state index < -0.39 is 0 Å². The van der Waals surface area contributed by atoms with Crippen molar-refractivity contribution in [2.24, 2.45) is 5.92 Å². The van der Waals surface area contributed by atoms with Crippen LogP contribution in [0.4, 0.5) is 0 Å². The molecule has 0 aliphatic carbocycles. The number of aryl methyl sites for hydroxylation is 2. The molecule has 1 N–H and O–H groups in total. The van der Waals surface area contributed by atoms with Crippen molar-refractivity contribution in [2.45, 2.75) is 32.7 Å². The summed E-state index contributed by atoms with van der Waals surface area (Å²) in [5.74, 6) is 0.800. The van der Waals surface area contributed by atoms with E-state index in [1.807, 2.05) is 25.1 Å². The number of fused-ring (bicyclic) bond motifs is 1. The van der Waals surface area contributed by atoms with Crippen LogP contribution in [0, 0.1) is 12.8 Å². The van der Waals surface area contributed by atoms with E-state index in [0.29, 0.717) is 30.2 Å². The lowest BCUT2D eigenvalue weighted by Crippen LogP contribution is -2.45. The number of nitrogens with zero attached hydrogens (tertiary/aromatic N) is 3. The highest BCUT2D eigenvalue weighted by molar-refractivity contribution is 6.30. The third-order valence-electron chi connectivity index (χ3n) is 5.87. The number of hydrogen-bond acceptors (Lipinski definition) is 3. The molecule has 162 valence electrons. The van der Waals surface area contributed by atoms with Crippen molar-refractivity contribution in [1.82, 2.24) is 19.8 Å². The van der Waals surface area contributed by atoms with Crippen LogP contribution in [-0.4, -0.2) is 45.9 Å². The summed E-state index contributed by atoms with van der Waals surface area (Å²) in [6, 6.07) is 15.0. The number of nitrogens with one attached hydrogen (secondary N) is 1. The summed E-state index contributed by atoms with van der Waals surface area (Å²) in [6.45, 7) is 4.55. The number of hydrogen-bond donors (Lipinski definition) is 1. The Morgan fingerprint density at radius 3 is 2.74 bits per heavy atom. The SMILES string of the molecule is Cc1nc2ccccc2n1CCCNC(=O)C1CCCN(C(=O)c2ccc(Cl)cc2)C1. The molecule has 4 rings (SSSR count). The summed E-state index contributed by atoms with van der Waals surface area (Å²) < 4.78 is 2.19. The molecule has 3 aromatic rings. The number of aromatic nitrogens is 2. The van der Waals surface area contributed by atoms with Gasteiger partial charge in [0.05, 0.1) is 17.0 Å². The molecule has 1 atom stereocenters. The van der Waals surface area contributed by atoms with Crippen LogP contribution in [0.25, 0.3) is 11.0 Å². The van der Waals surface area contributed by atoms with Gasteiger partial charge >= 0.3 is 0 Å². The Labute approximate surface area is 187 Å². The van der Waals surface area contributed by atoms with Crippen LogP contribution >= 0.6 is 11.6 Å². The second kappa shape index (κ2) is 9.52. The molecule has 1 saturated heterocycles. The fourth-order valence-corrected chi connectivity index (χ4v) is 4.35. The molecule has 2 amide bonds. The number of benzene rings is 2. The first-order valence-corrected chi connectivity index (χ1v) is 11.1. The van der Waals surface area contributed by atoms with E-state index in [-0.39, 0.29) is 17.7 Å². The Hall–Kier alpha value is -2.86. The molecule has 31 heavy (non-hydrogen) atoms. The fourth-order valence-electron chi connectivity index (χ4n) is 4.22. The molecule has 0 spiro atoms. The van der Waals surface area contributed by atoms with Gasteiger partial charge in [0.1, 0.15) is 5.82 Å². The molecule has 1 aromatic heterocycles. The minimum atomic E-state index is -0.166. The molecule has 0 radical (unpaired) electrons. The van der Waals surface area contributed by atoms with E-state index in [1.165, 1.54) is 0 Å². The Bertz CT molecular complexity index is 1080. The summed E-state index contributed by atoms with van der Waals surface area (Å²) in [5.41, 5.74) is 2.72. The lowest BCUT2D eigenvalue weighted by molar-refractivity contribution is -0.126. The van der Waals surface area contributed by atoms with Gasteiger partial charge in [0, 0.05) is 36.8 Å². The van der Waals surface area contributed by atoms with Gasteiger partial charge < -0.3 is 14.8 Å². The van der Waals surface area contributed by atoms with Gasteiger partial charge in [0.25, 0.3) is 5.91 Å². The van der Waals surface area contributed by atoms with E-state index in [0.717, 1.165) is 42.7 Å². The van der Waals surface area contributed by atoms with Crippen molar-refractivity contribution in [3.63, 3.8) is 0 Å². The van der Waals surface area contributed by atoms with Gasteiger partial charge in [-0.2, -0.15) is 0 Å². The smallest absolute Gasteiger partial charge is 0.253 e. The number of carbonyl (C=O) groups is 2. The predicted octanol–water partition coefficient (Wildman–Crippen LogP) is 4.06. The van der Waals surface area contributed by atoms with Gasteiger partial charge in [-0.15, -0.1) is 0 Å². The first-order chi connectivity index (χ1) is 15.0. The third kappa shape index (κ3) is 4.90. The summed E-state index contributed by atoms with van der Waals surface area (Å²) in [7, 11) is 0. The highest BCUT2D eigenvalue weighted by Crippen LogP contribution is 2.20. The van der Waals surface area contributed by atoms with E-state index in [4.69, 9.17) is 11.6 Å². The maximum atomic E-state index is 12.8. The van der Waals surface area contributed by atoms with Crippen LogP contribution in [0.15, 0.2) is 48.5 Å². The molecule has 1 fully saturated rings. The molecule has 2 heterocycles. The maximum absolute atomic E-state index is 12.8. The second-order valence-electron chi connectivity index (χ2n) is 8.04. The Morgan fingerprint density at radius 1 is 1.16 bits per heavy atom. The van der Waals surface area contributed by atoms with Crippen LogP contribution < -0.4 is 5.32 Å². The Kier molecular flexibility index (Phi) is 6.56. The van der Waals surface area contributed by atoms with Crippen molar-refractivity contribution in [3.05, 3.63) is 64.9 Å². The van der Waals surface area contributed by atoms with Crippen molar-refractivity contribution in [1.29, 1.82) is 0 Å². The summed E-state index contributed by atoms with van der Waals surface area (Å²) in [6.07, 6.45) is 2.46. The average molecular weight is 439 g/mol. The van der Waals surface area contributed by atoms with Crippen LogP contribution in [0.5, 0.6) is 0 Å². The monoisotopic (exact) mass is 438 g/mol. The molecule has 0 saturated carbocycles. The molecule has 0 bridgehead atoms. The van der Waals surface area contributed by atoms with Crippen molar-refractivity contribution in [3.8, 4) is 0 Å². The summed E-state index contributed by atoms with van der Waals surface area (Å²) >= 11 is 5.91. The zero-order valence-electron chi connectivity index (χ0n) is 17.7. The highest BCUT2D eigenvalue weighted by atomic mass is 35.5. The van der Waals surface area contributed by atoms with Crippen LogP contribution in [0.1, 0.15) is 35.4 Å². The minimum absolute atomic E-state index is 0.0285. The molecule has 2 aromatic carbocycles. The zero-order valence-corrected chi connectivity index (χ0v) is 18.4. The maximum Gasteiger partial charge on any atom is 0.253 e. The molecule has 7 heteroatoms. The Balaban J connectivity index is 1.28. The van der Waals surface area contributed by atoms with Gasteiger partial charge in [0.15, 0.2) is 0 Å². The van der Waals surface area contributed by atoms with Crippen LogP contribution in [0.3, 0.4) is 0 Å². The molecular formula is C24H27ClN4O2. The van der Waals surface area contributed by atoms with Gasteiger partial charge in [-0.25, -0.2) is 4.98 Å². The number of rotatable bonds is 6. The average Bonchev–Trinajstić information content (AvgIpc) is 3.11. The third-order valence-corrected chi connectivity index (χ3v) is 6.13. The van der Waals surface area contributed by atoms with Crippen molar-refractivity contribution in [2.75, 3.05) is 19.6 Å². The fraction of sp³-hybridized carbons (Fsp3) is 0.375. The van der Waals surface area contributed by atoms with Gasteiger partial charge in [-0.05, 0) is 62.6 Å². The molecule has 1 aliphatic heterocycles. The van der Waals surface area contributed by atoms with E-state index in [9.17, 15) is 9.59 Å². The lowest BCUT2D eigenvalue weighted by Gasteiger charge is -2.32. The highest BCUT2D eigenvalue weighted by Gasteiger charge is 2.28. The zero-order chi connectivity index (χ0) is 21.8. The van der Waals surface area contributed by atoms with E-state index in [1.54, 1.807) is 29.2 Å². The Morgan fingerprint density at radius 2 is 1.94 bits per heavy atom. The van der Waals surface area contributed by atoms with Crippen LogP contribution in [0.2, 0.25) is 5.02 Å².